The zero-order valence-corrected chi connectivity index (χ0v) is 12.3. The van der Waals surface area contributed by atoms with Gasteiger partial charge in [0.1, 0.15) is 0 Å². The van der Waals surface area contributed by atoms with E-state index in [9.17, 15) is 4.79 Å². The molecule has 110 valence electrons. The number of nitrogen functional groups attached to an aromatic ring is 1. The second-order valence-electron chi connectivity index (χ2n) is 4.74. The zero-order valence-electron chi connectivity index (χ0n) is 11.5. The molecule has 0 aliphatic carbocycles. The number of halogens is 1. The summed E-state index contributed by atoms with van der Waals surface area (Å²) in [7, 11) is 0. The van der Waals surface area contributed by atoms with Crippen LogP contribution in [0.5, 0.6) is 0 Å². The van der Waals surface area contributed by atoms with Crippen LogP contribution in [-0.2, 0) is 0 Å². The second kappa shape index (κ2) is 5.91. The van der Waals surface area contributed by atoms with E-state index < -0.39 is 0 Å². The van der Waals surface area contributed by atoms with Crippen LogP contribution in [0.2, 0.25) is 5.02 Å². The topological polar surface area (TPSA) is 83.8 Å². The molecule has 0 spiro atoms. The second-order valence-corrected chi connectivity index (χ2v) is 5.17. The lowest BCUT2D eigenvalue weighted by atomic mass is 10.1. The Bertz CT molecular complexity index is 828. The Morgan fingerprint density at radius 1 is 1.18 bits per heavy atom. The number of rotatable bonds is 3. The van der Waals surface area contributed by atoms with Gasteiger partial charge in [0.15, 0.2) is 0 Å². The normalized spacial score (nSPS) is 10.4. The van der Waals surface area contributed by atoms with E-state index in [1.807, 2.05) is 24.3 Å². The van der Waals surface area contributed by atoms with E-state index in [-0.39, 0.29) is 5.91 Å². The maximum atomic E-state index is 12.1. The lowest BCUT2D eigenvalue weighted by molar-refractivity contribution is 0.102. The Balaban J connectivity index is 1.78. The molecule has 0 aliphatic rings. The number of carbonyl (C=O) groups excluding carboxylic acids is 1. The van der Waals surface area contributed by atoms with Crippen molar-refractivity contribution in [3.8, 4) is 11.3 Å². The van der Waals surface area contributed by atoms with E-state index in [0.29, 0.717) is 22.2 Å². The minimum absolute atomic E-state index is 0.282. The maximum Gasteiger partial charge on any atom is 0.258 e. The number of nitrogens with zero attached hydrogens (tertiary/aromatic N) is 1. The van der Waals surface area contributed by atoms with Gasteiger partial charge in [-0.25, -0.2) is 4.98 Å². The zero-order chi connectivity index (χ0) is 15.5. The minimum Gasteiger partial charge on any atom is -0.399 e. The number of aromatic amines is 1. The summed E-state index contributed by atoms with van der Waals surface area (Å²) >= 11 is 5.88. The Morgan fingerprint density at radius 3 is 2.77 bits per heavy atom. The smallest absolute Gasteiger partial charge is 0.258 e. The van der Waals surface area contributed by atoms with Gasteiger partial charge < -0.3 is 10.7 Å². The summed E-state index contributed by atoms with van der Waals surface area (Å²) in [6.45, 7) is 0. The molecule has 5 nitrogen and oxygen atoms in total. The van der Waals surface area contributed by atoms with Gasteiger partial charge in [-0.05, 0) is 30.3 Å². The Kier molecular flexibility index (Phi) is 3.80. The van der Waals surface area contributed by atoms with E-state index in [4.69, 9.17) is 17.3 Å². The van der Waals surface area contributed by atoms with Crippen molar-refractivity contribution in [2.75, 3.05) is 11.1 Å². The lowest BCUT2D eigenvalue weighted by Crippen LogP contribution is -2.12. The predicted molar refractivity (Wildman–Crippen MR) is 87.8 cm³/mol. The van der Waals surface area contributed by atoms with Gasteiger partial charge in [0.2, 0.25) is 5.95 Å². The summed E-state index contributed by atoms with van der Waals surface area (Å²) in [4.78, 5) is 19.3. The summed E-state index contributed by atoms with van der Waals surface area (Å²) in [5.41, 5.74) is 8.56. The highest BCUT2D eigenvalue weighted by Crippen LogP contribution is 2.21. The van der Waals surface area contributed by atoms with Crippen molar-refractivity contribution in [3.05, 3.63) is 65.3 Å². The molecule has 1 heterocycles. The number of benzene rings is 2. The molecular weight excluding hydrogens is 300 g/mol. The Morgan fingerprint density at radius 2 is 2.00 bits per heavy atom. The molecule has 0 radical (unpaired) electrons. The molecule has 2 aromatic carbocycles. The summed E-state index contributed by atoms with van der Waals surface area (Å²) in [6, 6.07) is 14.1. The molecule has 0 bridgehead atoms. The van der Waals surface area contributed by atoms with Gasteiger partial charge in [0.05, 0.1) is 11.9 Å². The fourth-order valence-corrected chi connectivity index (χ4v) is 2.24. The lowest BCUT2D eigenvalue weighted by Gasteiger charge is -2.02. The van der Waals surface area contributed by atoms with E-state index in [1.54, 1.807) is 30.5 Å². The SMILES string of the molecule is Nc1cccc(-c2cnc(NC(=O)c3cccc(Cl)c3)[nH]2)c1. The van der Waals surface area contributed by atoms with Gasteiger partial charge in [-0.2, -0.15) is 0 Å². The Labute approximate surface area is 132 Å². The fourth-order valence-electron chi connectivity index (χ4n) is 2.05. The van der Waals surface area contributed by atoms with Crippen molar-refractivity contribution in [2.24, 2.45) is 0 Å². The van der Waals surface area contributed by atoms with Crippen molar-refractivity contribution >= 4 is 29.1 Å². The van der Waals surface area contributed by atoms with Gasteiger partial charge in [-0.15, -0.1) is 0 Å². The summed E-state index contributed by atoms with van der Waals surface area (Å²) in [5, 5.41) is 3.20. The van der Waals surface area contributed by atoms with Gasteiger partial charge in [0, 0.05) is 21.8 Å². The first-order chi connectivity index (χ1) is 10.6. The van der Waals surface area contributed by atoms with Gasteiger partial charge in [0.25, 0.3) is 5.91 Å². The van der Waals surface area contributed by atoms with Crippen molar-refractivity contribution in [1.82, 2.24) is 9.97 Å². The molecule has 0 saturated heterocycles. The quantitative estimate of drug-likeness (QED) is 0.646. The number of anilines is 2. The van der Waals surface area contributed by atoms with Crippen LogP contribution in [0.25, 0.3) is 11.3 Å². The van der Waals surface area contributed by atoms with Gasteiger partial charge in [-0.1, -0.05) is 29.8 Å². The van der Waals surface area contributed by atoms with E-state index >= 15 is 0 Å². The van der Waals surface area contributed by atoms with E-state index in [0.717, 1.165) is 11.3 Å². The third-order valence-electron chi connectivity index (χ3n) is 3.09. The molecule has 22 heavy (non-hydrogen) atoms. The molecule has 4 N–H and O–H groups in total. The third kappa shape index (κ3) is 3.10. The van der Waals surface area contributed by atoms with E-state index in [2.05, 4.69) is 15.3 Å². The molecule has 6 heteroatoms. The molecule has 3 aromatic rings. The van der Waals surface area contributed by atoms with Crippen LogP contribution in [0, 0.1) is 0 Å². The maximum absolute atomic E-state index is 12.1. The molecular formula is C16H13ClN4O. The first kappa shape index (κ1) is 14.2. The largest absolute Gasteiger partial charge is 0.399 e. The molecule has 1 amide bonds. The monoisotopic (exact) mass is 312 g/mol. The summed E-state index contributed by atoms with van der Waals surface area (Å²) < 4.78 is 0. The summed E-state index contributed by atoms with van der Waals surface area (Å²) in [5.74, 6) is 0.0818. The van der Waals surface area contributed by atoms with Crippen LogP contribution in [0.15, 0.2) is 54.7 Å². The van der Waals surface area contributed by atoms with Crippen LogP contribution < -0.4 is 11.1 Å². The highest BCUT2D eigenvalue weighted by atomic mass is 35.5. The molecule has 1 aromatic heterocycles. The molecule has 0 fully saturated rings. The average molecular weight is 313 g/mol. The fraction of sp³-hybridized carbons (Fsp3) is 0. The van der Waals surface area contributed by atoms with Crippen molar-refractivity contribution in [3.63, 3.8) is 0 Å². The number of nitrogens with one attached hydrogen (secondary N) is 2. The first-order valence-corrected chi connectivity index (χ1v) is 6.97. The third-order valence-corrected chi connectivity index (χ3v) is 3.33. The number of amides is 1. The molecule has 0 saturated carbocycles. The number of H-pyrrole nitrogens is 1. The van der Waals surface area contributed by atoms with Crippen LogP contribution in [0.1, 0.15) is 10.4 Å². The van der Waals surface area contributed by atoms with Crippen LogP contribution in [-0.4, -0.2) is 15.9 Å². The predicted octanol–water partition coefficient (Wildman–Crippen LogP) is 3.56. The van der Waals surface area contributed by atoms with E-state index in [1.165, 1.54) is 0 Å². The van der Waals surface area contributed by atoms with Crippen LogP contribution >= 0.6 is 11.6 Å². The number of aromatic nitrogens is 2. The van der Waals surface area contributed by atoms with Gasteiger partial charge in [-0.3, -0.25) is 10.1 Å². The molecule has 3 rings (SSSR count). The van der Waals surface area contributed by atoms with Crippen LogP contribution in [0.4, 0.5) is 11.6 Å². The van der Waals surface area contributed by atoms with Gasteiger partial charge >= 0.3 is 0 Å². The summed E-state index contributed by atoms with van der Waals surface area (Å²) in [6.07, 6.45) is 1.64. The van der Waals surface area contributed by atoms with Crippen molar-refractivity contribution in [2.45, 2.75) is 0 Å². The van der Waals surface area contributed by atoms with Crippen molar-refractivity contribution in [1.29, 1.82) is 0 Å². The number of imidazole rings is 1. The average Bonchev–Trinajstić information content (AvgIpc) is 2.96. The van der Waals surface area contributed by atoms with Crippen LogP contribution in [0.3, 0.4) is 0 Å². The highest BCUT2D eigenvalue weighted by Gasteiger charge is 2.09. The minimum atomic E-state index is -0.282. The number of hydrogen-bond donors (Lipinski definition) is 3. The molecule has 0 atom stereocenters. The number of nitrogens with two attached hydrogens (primary N) is 1. The number of carbonyl (C=O) groups is 1. The Hall–Kier alpha value is -2.79. The first-order valence-electron chi connectivity index (χ1n) is 6.59. The number of hydrogen-bond acceptors (Lipinski definition) is 3. The highest BCUT2D eigenvalue weighted by molar-refractivity contribution is 6.31. The molecule has 0 unspecified atom stereocenters. The van der Waals surface area contributed by atoms with Crippen molar-refractivity contribution < 1.29 is 4.79 Å². The standard InChI is InChI=1S/C16H13ClN4O/c17-12-5-1-4-11(7-12)15(22)21-16-19-9-14(20-16)10-3-2-6-13(18)8-10/h1-9H,18H2,(H2,19,20,21,22). The molecule has 0 aliphatic heterocycles.